The van der Waals surface area contributed by atoms with Crippen molar-refractivity contribution in [2.45, 2.75) is 12.8 Å². The first kappa shape index (κ1) is 15.0. The summed E-state index contributed by atoms with van der Waals surface area (Å²) in [5.41, 5.74) is 7.61. The fourth-order valence-corrected chi connectivity index (χ4v) is 3.26. The minimum Gasteiger partial charge on any atom is -0.302 e. The van der Waals surface area contributed by atoms with Crippen LogP contribution in [0.3, 0.4) is 0 Å². The molecule has 3 heteroatoms. The molecule has 0 aliphatic rings. The Balaban J connectivity index is 1.80. The lowest BCUT2D eigenvalue weighted by atomic mass is 10.0. The van der Waals surface area contributed by atoms with Crippen molar-refractivity contribution in [1.82, 2.24) is 9.38 Å². The average molecular weight is 333 g/mol. The Kier molecular flexibility index (Phi) is 3.83. The predicted octanol–water partition coefficient (Wildman–Crippen LogP) is 5.72. The molecular weight excluding hydrogens is 316 g/mol. The number of fused-ring (bicyclic) bond motifs is 1. The first-order valence-electron chi connectivity index (χ1n) is 7.95. The highest BCUT2D eigenvalue weighted by molar-refractivity contribution is 6.17. The van der Waals surface area contributed by atoms with Crippen LogP contribution in [0.5, 0.6) is 0 Å². The van der Waals surface area contributed by atoms with Crippen LogP contribution >= 0.6 is 11.6 Å². The van der Waals surface area contributed by atoms with E-state index in [2.05, 4.69) is 72.1 Å². The number of aromatic nitrogens is 2. The molecule has 0 saturated carbocycles. The Morgan fingerprint density at radius 2 is 1.50 bits per heavy atom. The first-order chi connectivity index (χ1) is 11.8. The molecule has 0 bridgehead atoms. The third kappa shape index (κ3) is 2.59. The van der Waals surface area contributed by atoms with Gasteiger partial charge in [0.05, 0.1) is 17.3 Å². The van der Waals surface area contributed by atoms with Gasteiger partial charge < -0.3 is 4.40 Å². The summed E-state index contributed by atoms with van der Waals surface area (Å²) in [7, 11) is 0. The summed E-state index contributed by atoms with van der Waals surface area (Å²) in [6.45, 7) is 2.08. The summed E-state index contributed by atoms with van der Waals surface area (Å²) >= 11 is 6.22. The molecule has 0 atom stereocenters. The van der Waals surface area contributed by atoms with E-state index in [0.29, 0.717) is 5.88 Å². The van der Waals surface area contributed by atoms with Gasteiger partial charge in [-0.3, -0.25) is 0 Å². The van der Waals surface area contributed by atoms with Crippen LogP contribution in [0.4, 0.5) is 0 Å². The topological polar surface area (TPSA) is 17.3 Å². The minimum absolute atomic E-state index is 0.431. The van der Waals surface area contributed by atoms with Gasteiger partial charge in [0.1, 0.15) is 5.65 Å². The van der Waals surface area contributed by atoms with Crippen LogP contribution in [0.15, 0.2) is 72.9 Å². The van der Waals surface area contributed by atoms with E-state index in [1.165, 1.54) is 16.7 Å². The summed E-state index contributed by atoms with van der Waals surface area (Å²) in [6.07, 6.45) is 2.09. The number of halogens is 1. The SMILES string of the molecule is Cc1ccc2nc(-c3ccc(-c4ccccc4)cc3)c(CCl)n2c1. The minimum atomic E-state index is 0.431. The highest BCUT2D eigenvalue weighted by atomic mass is 35.5. The number of pyridine rings is 1. The van der Waals surface area contributed by atoms with Crippen LogP contribution in [-0.2, 0) is 5.88 Å². The molecule has 0 aliphatic carbocycles. The number of hydrogen-bond acceptors (Lipinski definition) is 1. The fourth-order valence-electron chi connectivity index (χ4n) is 3.01. The molecule has 118 valence electrons. The Hall–Kier alpha value is -2.58. The summed E-state index contributed by atoms with van der Waals surface area (Å²) in [6, 6.07) is 23.0. The first-order valence-corrected chi connectivity index (χ1v) is 8.49. The maximum absolute atomic E-state index is 6.22. The summed E-state index contributed by atoms with van der Waals surface area (Å²) in [4.78, 5) is 4.78. The number of aryl methyl sites for hydroxylation is 1. The van der Waals surface area contributed by atoms with Gasteiger partial charge in [-0.2, -0.15) is 0 Å². The number of nitrogens with zero attached hydrogens (tertiary/aromatic N) is 2. The molecular formula is C21H17ClN2. The zero-order valence-corrected chi connectivity index (χ0v) is 14.2. The van der Waals surface area contributed by atoms with E-state index in [1.54, 1.807) is 0 Å². The maximum atomic E-state index is 6.22. The number of alkyl halides is 1. The second-order valence-corrected chi connectivity index (χ2v) is 6.19. The third-order valence-electron chi connectivity index (χ3n) is 4.26. The van der Waals surface area contributed by atoms with Crippen LogP contribution in [-0.4, -0.2) is 9.38 Å². The van der Waals surface area contributed by atoms with Crippen LogP contribution in [0.2, 0.25) is 0 Å². The summed E-state index contributed by atoms with van der Waals surface area (Å²) < 4.78 is 2.09. The Morgan fingerprint density at radius 3 is 2.21 bits per heavy atom. The van der Waals surface area contributed by atoms with Crippen molar-refractivity contribution in [2.75, 3.05) is 0 Å². The fraction of sp³-hybridized carbons (Fsp3) is 0.0952. The molecule has 0 amide bonds. The van der Waals surface area contributed by atoms with Crippen molar-refractivity contribution in [3.05, 3.63) is 84.2 Å². The lowest BCUT2D eigenvalue weighted by Crippen LogP contribution is -1.92. The zero-order valence-electron chi connectivity index (χ0n) is 13.4. The number of hydrogen-bond donors (Lipinski definition) is 0. The van der Waals surface area contributed by atoms with Gasteiger partial charge in [0, 0.05) is 11.8 Å². The molecule has 0 spiro atoms. The molecule has 2 aromatic carbocycles. The van der Waals surface area contributed by atoms with E-state index in [4.69, 9.17) is 16.6 Å². The van der Waals surface area contributed by atoms with E-state index in [-0.39, 0.29) is 0 Å². The standard InChI is InChI=1S/C21H17ClN2/c1-15-7-12-20-23-21(19(13-22)24(20)14-15)18-10-8-17(9-11-18)16-5-3-2-4-6-16/h2-12,14H,13H2,1H3. The van der Waals surface area contributed by atoms with Gasteiger partial charge in [0.2, 0.25) is 0 Å². The summed E-state index contributed by atoms with van der Waals surface area (Å²) in [5, 5.41) is 0. The van der Waals surface area contributed by atoms with E-state index in [1.807, 2.05) is 12.1 Å². The van der Waals surface area contributed by atoms with E-state index in [0.717, 1.165) is 22.6 Å². The molecule has 2 heterocycles. The van der Waals surface area contributed by atoms with Gasteiger partial charge in [0.25, 0.3) is 0 Å². The lowest BCUT2D eigenvalue weighted by Gasteiger charge is -2.05. The molecule has 2 aromatic heterocycles. The van der Waals surface area contributed by atoms with Crippen molar-refractivity contribution >= 4 is 17.2 Å². The zero-order chi connectivity index (χ0) is 16.5. The third-order valence-corrected chi connectivity index (χ3v) is 4.51. The molecule has 0 N–H and O–H groups in total. The second kappa shape index (κ2) is 6.14. The number of benzene rings is 2. The van der Waals surface area contributed by atoms with E-state index >= 15 is 0 Å². The predicted molar refractivity (Wildman–Crippen MR) is 100 cm³/mol. The lowest BCUT2D eigenvalue weighted by molar-refractivity contribution is 1.07. The highest BCUT2D eigenvalue weighted by Gasteiger charge is 2.13. The van der Waals surface area contributed by atoms with Gasteiger partial charge in [-0.25, -0.2) is 4.98 Å². The molecule has 2 nitrogen and oxygen atoms in total. The van der Waals surface area contributed by atoms with Crippen LogP contribution in [0, 0.1) is 6.92 Å². The molecule has 4 rings (SSSR count). The van der Waals surface area contributed by atoms with Crippen molar-refractivity contribution in [3.8, 4) is 22.4 Å². The van der Waals surface area contributed by atoms with E-state index in [9.17, 15) is 0 Å². The number of rotatable bonds is 3. The molecule has 0 aliphatic heterocycles. The quantitative estimate of drug-likeness (QED) is 0.439. The van der Waals surface area contributed by atoms with Crippen molar-refractivity contribution in [1.29, 1.82) is 0 Å². The Bertz CT molecular complexity index is 986. The van der Waals surface area contributed by atoms with Crippen molar-refractivity contribution in [2.24, 2.45) is 0 Å². The van der Waals surface area contributed by atoms with Gasteiger partial charge in [-0.1, -0.05) is 60.7 Å². The maximum Gasteiger partial charge on any atom is 0.137 e. The Morgan fingerprint density at radius 1 is 0.833 bits per heavy atom. The van der Waals surface area contributed by atoms with E-state index < -0.39 is 0 Å². The largest absolute Gasteiger partial charge is 0.302 e. The van der Waals surface area contributed by atoms with Crippen LogP contribution in [0.1, 0.15) is 11.3 Å². The normalized spacial score (nSPS) is 11.1. The molecule has 0 radical (unpaired) electrons. The summed E-state index contributed by atoms with van der Waals surface area (Å²) in [5.74, 6) is 0.431. The van der Waals surface area contributed by atoms with Gasteiger partial charge >= 0.3 is 0 Å². The van der Waals surface area contributed by atoms with Gasteiger partial charge in [0.15, 0.2) is 0 Å². The average Bonchev–Trinajstić information content (AvgIpc) is 3.00. The molecule has 0 fully saturated rings. The highest BCUT2D eigenvalue weighted by Crippen LogP contribution is 2.28. The van der Waals surface area contributed by atoms with Gasteiger partial charge in [-0.05, 0) is 29.7 Å². The number of imidazole rings is 1. The van der Waals surface area contributed by atoms with Crippen LogP contribution in [0.25, 0.3) is 28.0 Å². The monoisotopic (exact) mass is 332 g/mol. The Labute approximate surface area is 146 Å². The van der Waals surface area contributed by atoms with Crippen molar-refractivity contribution in [3.63, 3.8) is 0 Å². The van der Waals surface area contributed by atoms with Crippen molar-refractivity contribution < 1.29 is 0 Å². The molecule has 0 saturated heterocycles. The van der Waals surface area contributed by atoms with Crippen LogP contribution < -0.4 is 0 Å². The smallest absolute Gasteiger partial charge is 0.137 e. The van der Waals surface area contributed by atoms with Gasteiger partial charge in [-0.15, -0.1) is 11.6 Å². The molecule has 0 unspecified atom stereocenters. The molecule has 4 aromatic rings. The second-order valence-electron chi connectivity index (χ2n) is 5.92. The molecule has 24 heavy (non-hydrogen) atoms.